The molecule has 2 aromatic rings. The molecule has 142 valence electrons. The van der Waals surface area contributed by atoms with Gasteiger partial charge in [0.05, 0.1) is 23.8 Å². The first-order valence-corrected chi connectivity index (χ1v) is 9.44. The molecule has 0 amide bonds. The maximum absolute atomic E-state index is 12.8. The van der Waals surface area contributed by atoms with Crippen LogP contribution in [0.2, 0.25) is 0 Å². The number of benzene rings is 2. The quantitative estimate of drug-likeness (QED) is 0.716. The number of alkyl halides is 1. The molecule has 4 heteroatoms. The summed E-state index contributed by atoms with van der Waals surface area (Å²) in [5.74, 6) is 0. The van der Waals surface area contributed by atoms with Gasteiger partial charge in [0.2, 0.25) is 0 Å². The number of hydrogen-bond donors (Lipinski definition) is 0. The Bertz CT molecular complexity index is 839. The zero-order chi connectivity index (χ0) is 19.4. The Hall–Kier alpha value is -2.22. The van der Waals surface area contributed by atoms with E-state index in [0.29, 0.717) is 17.7 Å². The summed E-state index contributed by atoms with van der Waals surface area (Å²) in [6, 6.07) is 14.1. The summed E-state index contributed by atoms with van der Waals surface area (Å²) in [5, 5.41) is 9.34. The molecule has 1 aliphatic heterocycles. The number of fused-ring (bicyclic) bond motifs is 1. The van der Waals surface area contributed by atoms with Crippen molar-refractivity contribution < 1.29 is 9.13 Å². The van der Waals surface area contributed by atoms with E-state index in [4.69, 9.17) is 4.74 Å². The molecular formula is C23H27FN2O. The third kappa shape index (κ3) is 4.21. The molecule has 1 atom stereocenters. The molecule has 2 aromatic carbocycles. The van der Waals surface area contributed by atoms with E-state index in [1.807, 2.05) is 37.3 Å². The predicted octanol–water partition coefficient (Wildman–Crippen LogP) is 4.65. The molecule has 0 N–H and O–H groups in total. The third-order valence-electron chi connectivity index (χ3n) is 5.42. The molecule has 0 unspecified atom stereocenters. The molecule has 0 aliphatic carbocycles. The Balaban J connectivity index is 1.95. The van der Waals surface area contributed by atoms with Gasteiger partial charge >= 0.3 is 0 Å². The fraction of sp³-hybridized carbons (Fsp3) is 0.435. The van der Waals surface area contributed by atoms with Crippen molar-refractivity contribution in [2.24, 2.45) is 0 Å². The minimum absolute atomic E-state index is 0.388. The molecule has 1 heterocycles. The van der Waals surface area contributed by atoms with E-state index in [2.05, 4.69) is 31.1 Å². The van der Waals surface area contributed by atoms with Gasteiger partial charge < -0.3 is 9.64 Å². The van der Waals surface area contributed by atoms with Crippen molar-refractivity contribution >= 4 is 0 Å². The topological polar surface area (TPSA) is 36.3 Å². The third-order valence-corrected chi connectivity index (χ3v) is 5.42. The summed E-state index contributed by atoms with van der Waals surface area (Å²) in [6.45, 7) is 3.08. The smallest absolute Gasteiger partial charge is 0.115 e. The summed E-state index contributed by atoms with van der Waals surface area (Å²) in [5.41, 5.74) is 5.48. The van der Waals surface area contributed by atoms with E-state index in [1.54, 1.807) is 0 Å². The van der Waals surface area contributed by atoms with Crippen LogP contribution in [0.5, 0.6) is 0 Å². The molecule has 0 saturated heterocycles. The maximum Gasteiger partial charge on any atom is 0.115 e. The zero-order valence-corrected chi connectivity index (χ0v) is 16.4. The lowest BCUT2D eigenvalue weighted by Crippen LogP contribution is -2.30. The number of rotatable bonds is 7. The van der Waals surface area contributed by atoms with Crippen LogP contribution in [-0.4, -0.2) is 25.5 Å². The van der Waals surface area contributed by atoms with Crippen LogP contribution in [0.1, 0.15) is 46.2 Å². The number of aryl methyl sites for hydroxylation is 1. The Morgan fingerprint density at radius 3 is 2.52 bits per heavy atom. The van der Waals surface area contributed by atoms with Gasteiger partial charge in [-0.25, -0.2) is 4.39 Å². The monoisotopic (exact) mass is 366 g/mol. The van der Waals surface area contributed by atoms with Gasteiger partial charge in [-0.05, 0) is 74.3 Å². The zero-order valence-electron chi connectivity index (χ0n) is 16.4. The van der Waals surface area contributed by atoms with Crippen molar-refractivity contribution in [3.05, 3.63) is 69.8 Å². The molecule has 1 aliphatic rings. The van der Waals surface area contributed by atoms with E-state index in [1.165, 1.54) is 5.56 Å². The molecule has 0 saturated carbocycles. The normalized spacial score (nSPS) is 18.5. The van der Waals surface area contributed by atoms with Gasteiger partial charge in [-0.2, -0.15) is 5.26 Å². The summed E-state index contributed by atoms with van der Waals surface area (Å²) in [6.07, 6.45) is 2.69. The van der Waals surface area contributed by atoms with Crippen molar-refractivity contribution in [2.45, 2.75) is 45.1 Å². The van der Waals surface area contributed by atoms with Crippen LogP contribution in [0.25, 0.3) is 0 Å². The van der Waals surface area contributed by atoms with Gasteiger partial charge in [0.15, 0.2) is 0 Å². The highest BCUT2D eigenvalue weighted by molar-refractivity contribution is 5.48. The fourth-order valence-electron chi connectivity index (χ4n) is 3.91. The molecule has 0 spiro atoms. The lowest BCUT2D eigenvalue weighted by Gasteiger charge is -2.31. The van der Waals surface area contributed by atoms with Crippen LogP contribution in [0.15, 0.2) is 36.4 Å². The molecule has 0 aromatic heterocycles. The lowest BCUT2D eigenvalue weighted by molar-refractivity contribution is -0.0464. The van der Waals surface area contributed by atoms with Gasteiger partial charge in [-0.3, -0.25) is 0 Å². The minimum atomic E-state index is -0.441. The van der Waals surface area contributed by atoms with Crippen molar-refractivity contribution in [3.63, 3.8) is 0 Å². The molecule has 27 heavy (non-hydrogen) atoms. The van der Waals surface area contributed by atoms with Crippen LogP contribution in [0.4, 0.5) is 4.39 Å². The van der Waals surface area contributed by atoms with Gasteiger partial charge in [0.1, 0.15) is 6.67 Å². The second-order valence-corrected chi connectivity index (χ2v) is 7.75. The average molecular weight is 366 g/mol. The largest absolute Gasteiger partial charge is 0.365 e. The second kappa shape index (κ2) is 8.21. The average Bonchev–Trinajstić information content (AvgIpc) is 2.99. The summed E-state index contributed by atoms with van der Waals surface area (Å²) >= 11 is 0. The standard InChI is InChI=1S/C23H27FN2O/c1-17-11-22-21(12-20(17)15-25)16-27-23(22,9-4-10-26(2)3)13-18-5-7-19(14-24)8-6-18/h5-8,11-12H,4,9-10,13-14,16H2,1-3H3/t23-/m0/s1. The first kappa shape index (κ1) is 19.5. The highest BCUT2D eigenvalue weighted by Crippen LogP contribution is 2.43. The van der Waals surface area contributed by atoms with E-state index >= 15 is 0 Å². The van der Waals surface area contributed by atoms with Crippen molar-refractivity contribution in [2.75, 3.05) is 20.6 Å². The van der Waals surface area contributed by atoms with Crippen LogP contribution < -0.4 is 0 Å². The Morgan fingerprint density at radius 1 is 1.19 bits per heavy atom. The Labute approximate surface area is 161 Å². The number of nitriles is 1. The number of nitrogens with zero attached hydrogens (tertiary/aromatic N) is 2. The van der Waals surface area contributed by atoms with Crippen LogP contribution in [0, 0.1) is 18.3 Å². The molecule has 3 nitrogen and oxygen atoms in total. The van der Waals surface area contributed by atoms with E-state index < -0.39 is 6.67 Å². The molecule has 0 bridgehead atoms. The van der Waals surface area contributed by atoms with Gasteiger partial charge in [-0.1, -0.05) is 30.3 Å². The highest BCUT2D eigenvalue weighted by Gasteiger charge is 2.40. The SMILES string of the molecule is Cc1cc2c(cc1C#N)CO[C@@]2(CCCN(C)C)Cc1ccc(CF)cc1. The Morgan fingerprint density at radius 2 is 1.89 bits per heavy atom. The number of hydrogen-bond acceptors (Lipinski definition) is 3. The van der Waals surface area contributed by atoms with Crippen LogP contribution in [0.3, 0.4) is 0 Å². The van der Waals surface area contributed by atoms with E-state index in [0.717, 1.165) is 42.5 Å². The molecular weight excluding hydrogens is 339 g/mol. The van der Waals surface area contributed by atoms with Gasteiger partial charge in [0.25, 0.3) is 0 Å². The predicted molar refractivity (Wildman–Crippen MR) is 105 cm³/mol. The summed E-state index contributed by atoms with van der Waals surface area (Å²) in [7, 11) is 4.16. The van der Waals surface area contributed by atoms with Crippen molar-refractivity contribution in [3.8, 4) is 6.07 Å². The lowest BCUT2D eigenvalue weighted by atomic mass is 9.81. The molecule has 0 fully saturated rings. The minimum Gasteiger partial charge on any atom is -0.365 e. The molecule has 3 rings (SSSR count). The van der Waals surface area contributed by atoms with Crippen LogP contribution in [-0.2, 0) is 30.0 Å². The number of halogens is 1. The highest BCUT2D eigenvalue weighted by atomic mass is 19.1. The summed E-state index contributed by atoms with van der Waals surface area (Å²) in [4.78, 5) is 2.18. The van der Waals surface area contributed by atoms with Gasteiger partial charge in [-0.15, -0.1) is 0 Å². The fourth-order valence-corrected chi connectivity index (χ4v) is 3.91. The number of ether oxygens (including phenoxy) is 1. The second-order valence-electron chi connectivity index (χ2n) is 7.75. The first-order chi connectivity index (χ1) is 13.0. The van der Waals surface area contributed by atoms with E-state index in [-0.39, 0.29) is 5.60 Å². The maximum atomic E-state index is 12.8. The van der Waals surface area contributed by atoms with Crippen molar-refractivity contribution in [1.82, 2.24) is 4.90 Å². The van der Waals surface area contributed by atoms with E-state index in [9.17, 15) is 9.65 Å². The summed E-state index contributed by atoms with van der Waals surface area (Å²) < 4.78 is 19.2. The van der Waals surface area contributed by atoms with Gasteiger partial charge in [0, 0.05) is 6.42 Å². The van der Waals surface area contributed by atoms with Crippen molar-refractivity contribution in [1.29, 1.82) is 5.26 Å². The molecule has 0 radical (unpaired) electrons. The van der Waals surface area contributed by atoms with Crippen LogP contribution >= 0.6 is 0 Å². The Kier molecular flexibility index (Phi) is 5.94. The first-order valence-electron chi connectivity index (χ1n) is 9.44.